The van der Waals surface area contributed by atoms with Crippen molar-refractivity contribution in [1.82, 2.24) is 19.5 Å². The molecule has 1 aliphatic rings. The Bertz CT molecular complexity index is 949. The minimum absolute atomic E-state index is 0.0213. The van der Waals surface area contributed by atoms with E-state index in [1.807, 2.05) is 0 Å². The molecule has 0 bridgehead atoms. The van der Waals surface area contributed by atoms with Gasteiger partial charge in [0.25, 0.3) is 0 Å². The summed E-state index contributed by atoms with van der Waals surface area (Å²) in [6.45, 7) is 4.22. The van der Waals surface area contributed by atoms with Gasteiger partial charge in [0, 0.05) is 19.9 Å². The highest BCUT2D eigenvalue weighted by molar-refractivity contribution is 5.91. The predicted octanol–water partition coefficient (Wildman–Crippen LogP) is 1.16. The van der Waals surface area contributed by atoms with E-state index in [1.54, 1.807) is 20.9 Å². The Morgan fingerprint density at radius 2 is 2.10 bits per heavy atom. The van der Waals surface area contributed by atoms with Gasteiger partial charge in [-0.05, 0) is 6.92 Å². The molecule has 4 atom stereocenters. The number of carbonyl (C=O) groups is 2. The highest BCUT2D eigenvalue weighted by Gasteiger charge is 2.55. The lowest BCUT2D eigenvalue weighted by atomic mass is 9.98. The van der Waals surface area contributed by atoms with Crippen LogP contribution in [0, 0.1) is 0 Å². The number of rotatable bonds is 7. The Hall–Kier alpha value is -2.86. The molecule has 1 fully saturated rings. The third-order valence-corrected chi connectivity index (χ3v) is 4.90. The van der Waals surface area contributed by atoms with Crippen LogP contribution >= 0.6 is 0 Å². The molecule has 0 aromatic carbocycles. The summed E-state index contributed by atoms with van der Waals surface area (Å²) in [7, 11) is 1.62. The van der Waals surface area contributed by atoms with Crippen LogP contribution in [0.25, 0.3) is 11.2 Å². The maximum absolute atomic E-state index is 15.5. The number of esters is 1. The van der Waals surface area contributed by atoms with Crippen molar-refractivity contribution in [2.24, 2.45) is 0 Å². The first-order valence-corrected chi connectivity index (χ1v) is 9.63. The molecule has 164 valence electrons. The summed E-state index contributed by atoms with van der Waals surface area (Å²) >= 11 is 0. The summed E-state index contributed by atoms with van der Waals surface area (Å²) < 4.78 is 27.5. The molecule has 12 heteroatoms. The van der Waals surface area contributed by atoms with E-state index in [-0.39, 0.29) is 37.0 Å². The lowest BCUT2D eigenvalue weighted by Gasteiger charge is -2.24. The van der Waals surface area contributed by atoms with Gasteiger partial charge in [0.2, 0.25) is 11.9 Å². The molecule has 11 nitrogen and oxygen atoms in total. The second-order valence-electron chi connectivity index (χ2n) is 7.03. The smallest absolute Gasteiger partial charge is 0.305 e. The van der Waals surface area contributed by atoms with Crippen LogP contribution in [0.2, 0.25) is 0 Å². The molecule has 3 rings (SSSR count). The van der Waals surface area contributed by atoms with Gasteiger partial charge in [-0.25, -0.2) is 9.37 Å². The van der Waals surface area contributed by atoms with Gasteiger partial charge in [-0.3, -0.25) is 19.5 Å². The fraction of sp³-hybridized carbons (Fsp3) is 0.611. The van der Waals surface area contributed by atoms with Crippen molar-refractivity contribution >= 4 is 34.8 Å². The van der Waals surface area contributed by atoms with E-state index in [2.05, 4.69) is 25.6 Å². The number of amides is 1. The summed E-state index contributed by atoms with van der Waals surface area (Å²) in [6.07, 6.45) is -2.20. The molecule has 0 unspecified atom stereocenters. The second kappa shape index (κ2) is 8.48. The molecule has 30 heavy (non-hydrogen) atoms. The van der Waals surface area contributed by atoms with Gasteiger partial charge in [-0.15, -0.1) is 0 Å². The lowest BCUT2D eigenvalue weighted by Crippen LogP contribution is -2.41. The van der Waals surface area contributed by atoms with Crippen molar-refractivity contribution in [3.05, 3.63) is 6.33 Å². The molecule has 0 spiro atoms. The van der Waals surface area contributed by atoms with E-state index in [0.29, 0.717) is 11.3 Å². The van der Waals surface area contributed by atoms with Gasteiger partial charge in [0.15, 0.2) is 28.9 Å². The topological polar surface area (TPSA) is 140 Å². The van der Waals surface area contributed by atoms with Crippen LogP contribution < -0.4 is 10.6 Å². The molecule has 1 saturated heterocycles. The van der Waals surface area contributed by atoms with Crippen LogP contribution in [0.15, 0.2) is 6.33 Å². The summed E-state index contributed by atoms with van der Waals surface area (Å²) in [5.74, 6) is -0.417. The van der Waals surface area contributed by atoms with E-state index in [0.717, 1.165) is 0 Å². The first-order chi connectivity index (χ1) is 14.2. The average Bonchev–Trinajstić information content (AvgIpc) is 3.24. The monoisotopic (exact) mass is 424 g/mol. The molecule has 3 heterocycles. The van der Waals surface area contributed by atoms with Gasteiger partial charge in [0.05, 0.1) is 6.33 Å². The van der Waals surface area contributed by atoms with Gasteiger partial charge in [0.1, 0.15) is 18.8 Å². The molecule has 2 aromatic heterocycles. The summed E-state index contributed by atoms with van der Waals surface area (Å²) in [6, 6.07) is 0. The van der Waals surface area contributed by atoms with Crippen LogP contribution in [0.1, 0.15) is 39.8 Å². The number of fused-ring (bicyclic) bond motifs is 1. The number of nitrogens with zero attached hydrogens (tertiary/aromatic N) is 4. The molecule has 0 aliphatic carbocycles. The van der Waals surface area contributed by atoms with Crippen LogP contribution in [0.4, 0.5) is 16.2 Å². The fourth-order valence-electron chi connectivity index (χ4n) is 3.16. The van der Waals surface area contributed by atoms with E-state index in [9.17, 15) is 14.7 Å². The van der Waals surface area contributed by atoms with Gasteiger partial charge in [-0.1, -0.05) is 13.8 Å². The minimum Gasteiger partial charge on any atom is -0.463 e. The quantitative estimate of drug-likeness (QED) is 0.558. The average molecular weight is 424 g/mol. The van der Waals surface area contributed by atoms with Crippen molar-refractivity contribution in [3.63, 3.8) is 0 Å². The van der Waals surface area contributed by atoms with Crippen molar-refractivity contribution in [1.29, 1.82) is 0 Å². The van der Waals surface area contributed by atoms with Crippen LogP contribution in [0.3, 0.4) is 0 Å². The highest BCUT2D eigenvalue weighted by Crippen LogP contribution is 2.42. The number of aliphatic hydroxyl groups is 1. The largest absolute Gasteiger partial charge is 0.463 e. The number of nitrogens with one attached hydrogen (secondary N) is 2. The molecule has 0 radical (unpaired) electrons. The van der Waals surface area contributed by atoms with Crippen molar-refractivity contribution in [3.8, 4) is 0 Å². The predicted molar refractivity (Wildman–Crippen MR) is 104 cm³/mol. The number of hydrogen-bond donors (Lipinski definition) is 3. The minimum atomic E-state index is -2.23. The Labute approximate surface area is 172 Å². The zero-order chi connectivity index (χ0) is 22.1. The zero-order valence-electron chi connectivity index (χ0n) is 17.2. The molecular weight excluding hydrogens is 399 g/mol. The van der Waals surface area contributed by atoms with Crippen molar-refractivity contribution < 1.29 is 28.6 Å². The van der Waals surface area contributed by atoms with Gasteiger partial charge < -0.3 is 19.9 Å². The van der Waals surface area contributed by atoms with E-state index in [4.69, 9.17) is 9.47 Å². The number of anilines is 2. The van der Waals surface area contributed by atoms with Gasteiger partial charge >= 0.3 is 5.97 Å². The number of aromatic nitrogens is 4. The number of ether oxygens (including phenoxy) is 2. The Morgan fingerprint density at radius 3 is 2.73 bits per heavy atom. The molecule has 1 amide bonds. The highest BCUT2D eigenvalue weighted by atomic mass is 19.1. The standard InChI is InChI=1S/C18H25FN6O5/c1-5-10(26)22-17-23-14(20-4)12-15(24-17)25(8-21-12)16-18(3,19)13(28)9(30-16)7-29-11(27)6-2/h8-9,13,16,28H,5-7H2,1-4H3,(H2,20,22,23,24,26)/t9-,13-,16-,18-/m1/s1. The number of hydrogen-bond acceptors (Lipinski definition) is 9. The summed E-state index contributed by atoms with van der Waals surface area (Å²) in [5, 5.41) is 15.8. The lowest BCUT2D eigenvalue weighted by molar-refractivity contribution is -0.149. The molecular formula is C18H25FN6O5. The Kier molecular flexibility index (Phi) is 6.17. The Morgan fingerprint density at radius 1 is 1.37 bits per heavy atom. The number of halogens is 1. The van der Waals surface area contributed by atoms with Crippen LogP contribution in [0.5, 0.6) is 0 Å². The number of aliphatic hydroxyl groups excluding tert-OH is 1. The molecule has 3 N–H and O–H groups in total. The first-order valence-electron chi connectivity index (χ1n) is 9.63. The summed E-state index contributed by atoms with van der Waals surface area (Å²) in [5.41, 5.74) is -1.69. The van der Waals surface area contributed by atoms with E-state index >= 15 is 4.39 Å². The van der Waals surface area contributed by atoms with Crippen molar-refractivity contribution in [2.45, 2.75) is 57.7 Å². The number of carbonyl (C=O) groups excluding carboxylic acids is 2. The fourth-order valence-corrected chi connectivity index (χ4v) is 3.16. The maximum Gasteiger partial charge on any atom is 0.305 e. The second-order valence-corrected chi connectivity index (χ2v) is 7.03. The van der Waals surface area contributed by atoms with Crippen molar-refractivity contribution in [2.75, 3.05) is 24.3 Å². The SMILES string of the molecule is CCC(=O)Nc1nc(NC)c2ncn([C@@H]3O[C@H](COC(=O)CC)[C@@H](O)[C@@]3(C)F)c2n1. The molecule has 1 aliphatic heterocycles. The normalized spacial score (nSPS) is 26.0. The summed E-state index contributed by atoms with van der Waals surface area (Å²) in [4.78, 5) is 35.9. The zero-order valence-corrected chi connectivity index (χ0v) is 17.2. The molecule has 0 saturated carbocycles. The third kappa shape index (κ3) is 3.92. The maximum atomic E-state index is 15.5. The third-order valence-electron chi connectivity index (χ3n) is 4.90. The van der Waals surface area contributed by atoms with E-state index in [1.165, 1.54) is 17.8 Å². The van der Waals surface area contributed by atoms with E-state index < -0.39 is 30.1 Å². The van der Waals surface area contributed by atoms with Gasteiger partial charge in [-0.2, -0.15) is 9.97 Å². The number of alkyl halides is 1. The first kappa shape index (κ1) is 21.8. The Balaban J connectivity index is 1.97. The van der Waals surface area contributed by atoms with Crippen LogP contribution in [-0.2, 0) is 19.1 Å². The number of imidazole rings is 1. The molecule has 2 aromatic rings. The van der Waals surface area contributed by atoms with Crippen LogP contribution in [-0.4, -0.2) is 68.0 Å².